The van der Waals surface area contributed by atoms with Gasteiger partial charge < -0.3 is 10.2 Å². The molecule has 0 unspecified atom stereocenters. The van der Waals surface area contributed by atoms with Crippen LogP contribution in [0.4, 0.5) is 5.13 Å². The van der Waals surface area contributed by atoms with Gasteiger partial charge in [0.15, 0.2) is 0 Å². The largest absolute Gasteiger partial charge is 0.347 e. The number of amides is 1. The van der Waals surface area contributed by atoms with E-state index in [0.717, 1.165) is 30.2 Å². The molecular formula is C18H20N6O2S. The lowest BCUT2D eigenvalue weighted by Gasteiger charge is -2.30. The number of anilines is 1. The topological polar surface area (TPSA) is 92.5 Å². The minimum absolute atomic E-state index is 0.196. The van der Waals surface area contributed by atoms with Crippen LogP contribution in [0, 0.1) is 5.92 Å². The summed E-state index contributed by atoms with van der Waals surface area (Å²) < 4.78 is 1.47. The molecule has 0 bridgehead atoms. The summed E-state index contributed by atoms with van der Waals surface area (Å²) in [6, 6.07) is 4.91. The molecule has 1 N–H and O–H groups in total. The van der Waals surface area contributed by atoms with Crippen molar-refractivity contribution in [2.45, 2.75) is 26.3 Å². The number of rotatable bonds is 4. The van der Waals surface area contributed by atoms with E-state index in [1.165, 1.54) is 28.3 Å². The average molecular weight is 384 g/mol. The van der Waals surface area contributed by atoms with Crippen molar-refractivity contribution in [2.24, 2.45) is 5.92 Å². The Hall–Kier alpha value is -2.81. The first-order chi connectivity index (χ1) is 13.1. The van der Waals surface area contributed by atoms with Crippen molar-refractivity contribution in [2.75, 3.05) is 18.0 Å². The zero-order valence-electron chi connectivity index (χ0n) is 15.0. The molecule has 8 nitrogen and oxygen atoms in total. The van der Waals surface area contributed by atoms with E-state index >= 15 is 0 Å². The highest BCUT2D eigenvalue weighted by Gasteiger charge is 2.22. The molecule has 27 heavy (non-hydrogen) atoms. The number of piperidine rings is 1. The third-order valence-electron chi connectivity index (χ3n) is 4.58. The number of carbonyl (C=O) groups is 1. The maximum absolute atomic E-state index is 12.7. The third-order valence-corrected chi connectivity index (χ3v) is 5.55. The minimum atomic E-state index is -0.441. The van der Waals surface area contributed by atoms with Gasteiger partial charge in [-0.05, 0) is 30.4 Å². The number of nitrogens with one attached hydrogen (secondary N) is 1. The van der Waals surface area contributed by atoms with Crippen molar-refractivity contribution in [1.29, 1.82) is 0 Å². The summed E-state index contributed by atoms with van der Waals surface area (Å²) in [5, 5.41) is 8.18. The van der Waals surface area contributed by atoms with Gasteiger partial charge >= 0.3 is 0 Å². The number of nitrogens with zero attached hydrogens (tertiary/aromatic N) is 5. The van der Waals surface area contributed by atoms with Crippen molar-refractivity contribution >= 4 is 27.3 Å². The van der Waals surface area contributed by atoms with Crippen LogP contribution in [0.1, 0.15) is 35.8 Å². The van der Waals surface area contributed by atoms with E-state index in [2.05, 4.69) is 32.2 Å². The smallest absolute Gasteiger partial charge is 0.274 e. The Morgan fingerprint density at radius 3 is 3.11 bits per heavy atom. The van der Waals surface area contributed by atoms with Crippen LogP contribution in [0.5, 0.6) is 0 Å². The van der Waals surface area contributed by atoms with Crippen LogP contribution in [0.3, 0.4) is 0 Å². The van der Waals surface area contributed by atoms with Crippen LogP contribution in [-0.4, -0.2) is 38.6 Å². The van der Waals surface area contributed by atoms with Crippen LogP contribution in [0.2, 0.25) is 0 Å². The number of hydrogen-bond donors (Lipinski definition) is 1. The van der Waals surface area contributed by atoms with Crippen LogP contribution in [-0.2, 0) is 6.54 Å². The number of hydrogen-bond acceptors (Lipinski definition) is 7. The van der Waals surface area contributed by atoms with Crippen molar-refractivity contribution < 1.29 is 4.79 Å². The van der Waals surface area contributed by atoms with Gasteiger partial charge in [-0.2, -0.15) is 9.50 Å². The zero-order chi connectivity index (χ0) is 18.8. The van der Waals surface area contributed by atoms with Gasteiger partial charge in [0.2, 0.25) is 10.1 Å². The summed E-state index contributed by atoms with van der Waals surface area (Å²) in [6.07, 6.45) is 5.68. The van der Waals surface area contributed by atoms with Gasteiger partial charge in [-0.1, -0.05) is 24.3 Å². The van der Waals surface area contributed by atoms with Gasteiger partial charge in [0, 0.05) is 38.1 Å². The highest BCUT2D eigenvalue weighted by atomic mass is 32.1. The summed E-state index contributed by atoms with van der Waals surface area (Å²) in [5.41, 5.74) is 0.634. The first kappa shape index (κ1) is 17.6. The molecule has 3 aromatic heterocycles. The number of aromatic nitrogens is 4. The molecule has 1 aliphatic rings. The number of carbonyl (C=O) groups excluding carboxylic acids is 1. The standard InChI is InChI=1S/C18H20N6O2S/c1-12-4-3-7-23(11-12)18-22-24-14(8-15(25)21-17(24)27-18)16(26)20-10-13-5-2-6-19-9-13/h2,5-6,8-9,12H,3-4,7,10-11H2,1H3,(H,20,26)/t12-/m1/s1. The molecule has 1 amide bonds. The first-order valence-corrected chi connectivity index (χ1v) is 9.75. The lowest BCUT2D eigenvalue weighted by Crippen LogP contribution is -2.34. The molecule has 1 saturated heterocycles. The van der Waals surface area contributed by atoms with E-state index in [1.54, 1.807) is 12.4 Å². The van der Waals surface area contributed by atoms with E-state index < -0.39 is 5.56 Å². The zero-order valence-corrected chi connectivity index (χ0v) is 15.8. The van der Waals surface area contributed by atoms with Crippen LogP contribution in [0.25, 0.3) is 4.96 Å². The minimum Gasteiger partial charge on any atom is -0.347 e. The van der Waals surface area contributed by atoms with E-state index in [0.29, 0.717) is 17.4 Å². The normalized spacial score (nSPS) is 17.2. The summed E-state index contributed by atoms with van der Waals surface area (Å²) >= 11 is 1.34. The predicted octanol–water partition coefficient (Wildman–Crippen LogP) is 1.71. The van der Waals surface area contributed by atoms with Gasteiger partial charge in [0.25, 0.3) is 11.5 Å². The molecule has 0 saturated carbocycles. The Morgan fingerprint density at radius 1 is 1.44 bits per heavy atom. The molecule has 0 aromatic carbocycles. The summed E-state index contributed by atoms with van der Waals surface area (Å²) in [4.78, 5) is 35.3. The molecule has 4 heterocycles. The van der Waals surface area contributed by atoms with Crippen molar-refractivity contribution in [3.05, 3.63) is 52.2 Å². The fraction of sp³-hybridized carbons (Fsp3) is 0.389. The van der Waals surface area contributed by atoms with Crippen LogP contribution < -0.4 is 15.8 Å². The molecule has 1 fully saturated rings. The van der Waals surface area contributed by atoms with E-state index in [-0.39, 0.29) is 11.6 Å². The monoisotopic (exact) mass is 384 g/mol. The van der Waals surface area contributed by atoms with Crippen LogP contribution in [0.15, 0.2) is 35.4 Å². The molecule has 0 aliphatic carbocycles. The van der Waals surface area contributed by atoms with E-state index in [9.17, 15) is 9.59 Å². The summed E-state index contributed by atoms with van der Waals surface area (Å²) in [6.45, 7) is 4.40. The maximum atomic E-state index is 12.7. The second kappa shape index (κ2) is 7.43. The van der Waals surface area contributed by atoms with Gasteiger partial charge in [0.05, 0.1) is 0 Å². The molecule has 9 heteroatoms. The predicted molar refractivity (Wildman–Crippen MR) is 103 cm³/mol. The second-order valence-electron chi connectivity index (χ2n) is 6.80. The van der Waals surface area contributed by atoms with E-state index in [1.807, 2.05) is 12.1 Å². The molecule has 1 atom stereocenters. The average Bonchev–Trinajstić information content (AvgIpc) is 3.10. The Labute approximate surface area is 159 Å². The quantitative estimate of drug-likeness (QED) is 0.736. The molecule has 0 radical (unpaired) electrons. The van der Waals surface area contributed by atoms with Gasteiger partial charge in [-0.25, -0.2) is 0 Å². The lowest BCUT2D eigenvalue weighted by atomic mass is 10.0. The highest BCUT2D eigenvalue weighted by molar-refractivity contribution is 7.20. The van der Waals surface area contributed by atoms with Gasteiger partial charge in [-0.15, -0.1) is 5.10 Å². The molecule has 1 aliphatic heterocycles. The third kappa shape index (κ3) is 3.82. The molecule has 3 aromatic rings. The fourth-order valence-corrected chi connectivity index (χ4v) is 4.18. The van der Waals surface area contributed by atoms with Crippen LogP contribution >= 0.6 is 11.3 Å². The van der Waals surface area contributed by atoms with E-state index in [4.69, 9.17) is 0 Å². The summed E-state index contributed by atoms with van der Waals surface area (Å²) in [5.74, 6) is 0.234. The Morgan fingerprint density at radius 2 is 2.33 bits per heavy atom. The molecule has 0 spiro atoms. The molecule has 4 rings (SSSR count). The Kier molecular flexibility index (Phi) is 4.85. The lowest BCUT2D eigenvalue weighted by molar-refractivity contribution is 0.0943. The Bertz CT molecular complexity index is 1020. The molecule has 140 valence electrons. The summed E-state index contributed by atoms with van der Waals surface area (Å²) in [7, 11) is 0. The van der Waals surface area contributed by atoms with Gasteiger partial charge in [-0.3, -0.25) is 14.6 Å². The first-order valence-electron chi connectivity index (χ1n) is 8.93. The van der Waals surface area contributed by atoms with Crippen molar-refractivity contribution in [3.8, 4) is 0 Å². The number of fused-ring (bicyclic) bond motifs is 1. The SMILES string of the molecule is C[C@@H]1CCCN(c2nn3c(C(=O)NCc4cccnc4)cc(=O)nc3s2)C1. The maximum Gasteiger partial charge on any atom is 0.274 e. The number of pyridine rings is 1. The second-order valence-corrected chi connectivity index (χ2v) is 7.73. The molecular weight excluding hydrogens is 364 g/mol. The van der Waals surface area contributed by atoms with Crippen molar-refractivity contribution in [1.82, 2.24) is 24.9 Å². The fourth-order valence-electron chi connectivity index (χ4n) is 3.23. The Balaban J connectivity index is 1.61. The van der Waals surface area contributed by atoms with Gasteiger partial charge in [0.1, 0.15) is 5.69 Å². The highest BCUT2D eigenvalue weighted by Crippen LogP contribution is 2.27. The van der Waals surface area contributed by atoms with Crippen molar-refractivity contribution in [3.63, 3.8) is 0 Å².